The van der Waals surface area contributed by atoms with Crippen molar-refractivity contribution in [3.63, 3.8) is 0 Å². The molecular formula is C23H20ClN3O6. The van der Waals surface area contributed by atoms with Gasteiger partial charge >= 0.3 is 12.0 Å². The number of anilines is 1. The normalized spacial score (nSPS) is 12.8. The molecule has 1 atom stereocenters. The van der Waals surface area contributed by atoms with E-state index in [4.69, 9.17) is 21.1 Å². The number of pyridine rings is 1. The van der Waals surface area contributed by atoms with Gasteiger partial charge in [0.15, 0.2) is 11.5 Å². The summed E-state index contributed by atoms with van der Waals surface area (Å²) in [6.07, 6.45) is 1.25. The number of carbonyl (C=O) groups is 2. The van der Waals surface area contributed by atoms with Crippen LogP contribution < -0.4 is 25.7 Å². The number of carbonyl (C=O) groups excluding carboxylic acids is 1. The summed E-state index contributed by atoms with van der Waals surface area (Å²) >= 11 is 5.90. The second-order valence-electron chi connectivity index (χ2n) is 7.34. The Bertz CT molecular complexity index is 1240. The maximum atomic E-state index is 12.8. The number of fused-ring (bicyclic) bond motifs is 1. The Morgan fingerprint density at radius 1 is 1.09 bits per heavy atom. The van der Waals surface area contributed by atoms with Crippen LogP contribution >= 0.6 is 11.6 Å². The van der Waals surface area contributed by atoms with Crippen molar-refractivity contribution in [1.29, 1.82) is 0 Å². The lowest BCUT2D eigenvalue weighted by atomic mass is 10.0. The summed E-state index contributed by atoms with van der Waals surface area (Å²) in [6.45, 7) is 0.374. The number of urea groups is 1. The zero-order valence-corrected chi connectivity index (χ0v) is 18.0. The van der Waals surface area contributed by atoms with Crippen molar-refractivity contribution in [3.05, 3.63) is 87.3 Å². The van der Waals surface area contributed by atoms with Gasteiger partial charge in [-0.25, -0.2) is 4.79 Å². The van der Waals surface area contributed by atoms with Crippen molar-refractivity contribution >= 4 is 29.3 Å². The number of halogens is 1. The molecule has 3 N–H and O–H groups in total. The minimum Gasteiger partial charge on any atom is -0.481 e. The van der Waals surface area contributed by atoms with Crippen molar-refractivity contribution in [2.24, 2.45) is 0 Å². The molecule has 0 saturated heterocycles. The van der Waals surface area contributed by atoms with Crippen LogP contribution in [0, 0.1) is 0 Å². The fourth-order valence-corrected chi connectivity index (χ4v) is 3.54. The van der Waals surface area contributed by atoms with Gasteiger partial charge in [0.1, 0.15) is 5.69 Å². The zero-order valence-electron chi connectivity index (χ0n) is 17.3. The van der Waals surface area contributed by atoms with Gasteiger partial charge in [-0.15, -0.1) is 0 Å². The number of carboxylic acids is 1. The number of ether oxygens (including phenoxy) is 2. The summed E-state index contributed by atoms with van der Waals surface area (Å²) in [7, 11) is 0. The second-order valence-corrected chi connectivity index (χ2v) is 7.78. The van der Waals surface area contributed by atoms with E-state index in [-0.39, 0.29) is 18.9 Å². The topological polar surface area (TPSA) is 119 Å². The molecule has 3 aromatic rings. The van der Waals surface area contributed by atoms with Gasteiger partial charge in [0.2, 0.25) is 6.79 Å². The van der Waals surface area contributed by atoms with Gasteiger partial charge in [-0.1, -0.05) is 29.8 Å². The van der Waals surface area contributed by atoms with E-state index in [1.54, 1.807) is 42.6 Å². The minimum atomic E-state index is -1.09. The van der Waals surface area contributed by atoms with E-state index in [1.807, 2.05) is 12.1 Å². The molecule has 2 amide bonds. The number of aliphatic carboxylic acids is 1. The van der Waals surface area contributed by atoms with E-state index >= 15 is 0 Å². The third-order valence-corrected chi connectivity index (χ3v) is 5.27. The largest absolute Gasteiger partial charge is 0.481 e. The third-order valence-electron chi connectivity index (χ3n) is 5.02. The van der Waals surface area contributed by atoms with Gasteiger partial charge < -0.3 is 29.8 Å². The molecular weight excluding hydrogens is 450 g/mol. The second kappa shape index (κ2) is 9.66. The van der Waals surface area contributed by atoms with E-state index in [0.717, 1.165) is 5.56 Å². The molecule has 0 bridgehead atoms. The molecule has 0 spiro atoms. The summed E-state index contributed by atoms with van der Waals surface area (Å²) in [6, 6.07) is 13.6. The fraction of sp³-hybridized carbons (Fsp3) is 0.174. The average Bonchev–Trinajstić information content (AvgIpc) is 3.25. The lowest BCUT2D eigenvalue weighted by molar-refractivity contribution is -0.137. The van der Waals surface area contributed by atoms with Crippen molar-refractivity contribution in [2.45, 2.75) is 19.0 Å². The minimum absolute atomic E-state index is 0.0590. The van der Waals surface area contributed by atoms with Crippen LogP contribution in [-0.2, 0) is 11.3 Å². The molecule has 0 radical (unpaired) electrons. The molecule has 9 nitrogen and oxygen atoms in total. The predicted octanol–water partition coefficient (Wildman–Crippen LogP) is 3.62. The summed E-state index contributed by atoms with van der Waals surface area (Å²) in [5.74, 6) is -0.0796. The highest BCUT2D eigenvalue weighted by atomic mass is 35.5. The Labute approximate surface area is 193 Å². The number of benzene rings is 2. The first-order chi connectivity index (χ1) is 15.9. The molecule has 170 valence electrons. The monoisotopic (exact) mass is 469 g/mol. The highest BCUT2D eigenvalue weighted by Crippen LogP contribution is 2.34. The molecule has 0 aliphatic carbocycles. The Hall–Kier alpha value is -3.98. The van der Waals surface area contributed by atoms with Crippen LogP contribution in [0.1, 0.15) is 23.6 Å². The quantitative estimate of drug-likeness (QED) is 0.486. The van der Waals surface area contributed by atoms with Crippen LogP contribution in [0.15, 0.2) is 65.6 Å². The van der Waals surface area contributed by atoms with Crippen LogP contribution in [0.25, 0.3) is 0 Å². The molecule has 4 rings (SSSR count). The third kappa shape index (κ3) is 5.45. The van der Waals surface area contributed by atoms with Crippen molar-refractivity contribution in [2.75, 3.05) is 12.1 Å². The molecule has 1 aliphatic rings. The SMILES string of the molecule is O=C(O)C[C@H](NC(=O)Nc1cccn(Cc2ccc(Cl)cc2)c1=O)c1ccc2c(c1)OCO2. The lowest BCUT2D eigenvalue weighted by Gasteiger charge is -2.18. The standard InChI is InChI=1S/C23H20ClN3O6/c24-16-6-3-14(4-7-16)12-27-9-1-2-17(22(27)30)25-23(31)26-18(11-21(28)29)15-5-8-19-20(10-15)33-13-32-19/h1-10,18H,11-13H2,(H,28,29)(H2,25,26,31)/t18-/m0/s1. The molecule has 2 heterocycles. The number of rotatable bonds is 7. The molecule has 0 saturated carbocycles. The number of nitrogens with zero attached hydrogens (tertiary/aromatic N) is 1. The van der Waals surface area contributed by atoms with Crippen LogP contribution in [0.5, 0.6) is 11.5 Å². The highest BCUT2D eigenvalue weighted by molar-refractivity contribution is 6.30. The number of hydrogen-bond donors (Lipinski definition) is 3. The van der Waals surface area contributed by atoms with Crippen molar-refractivity contribution in [1.82, 2.24) is 9.88 Å². The van der Waals surface area contributed by atoms with E-state index in [1.165, 1.54) is 10.6 Å². The number of hydrogen-bond acceptors (Lipinski definition) is 5. The maximum absolute atomic E-state index is 12.8. The molecule has 0 unspecified atom stereocenters. The Balaban J connectivity index is 1.49. The Kier molecular flexibility index (Phi) is 6.50. The zero-order chi connectivity index (χ0) is 23.4. The van der Waals surface area contributed by atoms with Gasteiger partial charge in [0.25, 0.3) is 5.56 Å². The first-order valence-corrected chi connectivity index (χ1v) is 10.4. The predicted molar refractivity (Wildman–Crippen MR) is 121 cm³/mol. The summed E-state index contributed by atoms with van der Waals surface area (Å²) in [5, 5.41) is 15.0. The van der Waals surface area contributed by atoms with Gasteiger partial charge in [0.05, 0.1) is 19.0 Å². The number of nitrogens with one attached hydrogen (secondary N) is 2. The average molecular weight is 470 g/mol. The fourth-order valence-electron chi connectivity index (χ4n) is 3.42. The number of aromatic nitrogens is 1. The lowest BCUT2D eigenvalue weighted by Crippen LogP contribution is -2.36. The Morgan fingerprint density at radius 3 is 2.61 bits per heavy atom. The van der Waals surface area contributed by atoms with E-state index in [2.05, 4.69) is 10.6 Å². The first kappa shape index (κ1) is 22.2. The summed E-state index contributed by atoms with van der Waals surface area (Å²) in [5.41, 5.74) is 1.06. The smallest absolute Gasteiger partial charge is 0.319 e. The van der Waals surface area contributed by atoms with Crippen LogP contribution in [0.2, 0.25) is 5.02 Å². The highest BCUT2D eigenvalue weighted by Gasteiger charge is 2.22. The first-order valence-electron chi connectivity index (χ1n) is 10.0. The van der Waals surface area contributed by atoms with Crippen LogP contribution in [-0.4, -0.2) is 28.5 Å². The number of carboxylic acid groups (broad SMARTS) is 1. The van der Waals surface area contributed by atoms with Gasteiger partial charge in [-0.05, 0) is 47.5 Å². The van der Waals surface area contributed by atoms with E-state index in [0.29, 0.717) is 28.6 Å². The van der Waals surface area contributed by atoms with Gasteiger partial charge in [-0.3, -0.25) is 9.59 Å². The molecule has 10 heteroatoms. The maximum Gasteiger partial charge on any atom is 0.319 e. The van der Waals surface area contributed by atoms with E-state index < -0.39 is 23.6 Å². The Morgan fingerprint density at radius 2 is 1.85 bits per heavy atom. The van der Waals surface area contributed by atoms with Crippen molar-refractivity contribution in [3.8, 4) is 11.5 Å². The summed E-state index contributed by atoms with van der Waals surface area (Å²) < 4.78 is 12.0. The van der Waals surface area contributed by atoms with E-state index in [9.17, 15) is 19.5 Å². The molecule has 1 aliphatic heterocycles. The summed E-state index contributed by atoms with van der Waals surface area (Å²) in [4.78, 5) is 36.8. The molecule has 2 aromatic carbocycles. The van der Waals surface area contributed by atoms with Crippen molar-refractivity contribution < 1.29 is 24.2 Å². The molecule has 1 aromatic heterocycles. The van der Waals surface area contributed by atoms with Gasteiger partial charge in [-0.2, -0.15) is 0 Å². The number of amides is 2. The van der Waals surface area contributed by atoms with Crippen LogP contribution in [0.3, 0.4) is 0 Å². The van der Waals surface area contributed by atoms with Gasteiger partial charge in [0, 0.05) is 11.2 Å². The molecule has 33 heavy (non-hydrogen) atoms. The van der Waals surface area contributed by atoms with Crippen LogP contribution in [0.4, 0.5) is 10.5 Å². The molecule has 0 fully saturated rings.